The number of amides is 2. The van der Waals surface area contributed by atoms with Crippen molar-refractivity contribution in [2.45, 2.75) is 58.4 Å². The Balaban J connectivity index is -0.00000000380. The summed E-state index contributed by atoms with van der Waals surface area (Å²) in [5, 5.41) is 0. The molecule has 230 valence electrons. The van der Waals surface area contributed by atoms with Gasteiger partial charge in [-0.05, 0) is 14.1 Å². The Labute approximate surface area is 294 Å². The molecule has 0 aromatic rings. The maximum Gasteiger partial charge on any atom is 0.261 e. The molecule has 0 saturated heterocycles. The molecule has 0 aliphatic carbocycles. The fourth-order valence-corrected chi connectivity index (χ4v) is 0. The fourth-order valence-electron chi connectivity index (χ4n) is 0. The SMILES string of the molecule is C.C.C.C.C.C.CC(N)=O.CC(N)=O.CN.CN.CS(=O)(=O)O.CS(=O)(=O)O.F.F.[2HH].[2HH].[2HH].[2HH].[W].[W].[Y].[Y]. The smallest absolute Gasteiger partial charge is 0.261 e. The molecule has 0 aliphatic heterocycles. The first-order chi connectivity index (χ1) is 9.46. The quantitative estimate of drug-likeness (QED) is 0.193. The number of primary amides is 2. The van der Waals surface area contributed by atoms with Gasteiger partial charge in [0.15, 0.2) is 0 Å². The minimum Gasteiger partial charge on any atom is -0.370 e. The zero-order valence-electron chi connectivity index (χ0n) is 16.3. The van der Waals surface area contributed by atoms with Crippen LogP contribution in [0.2, 0.25) is 0 Å². The Bertz CT molecular complexity index is 425. The summed E-state index contributed by atoms with van der Waals surface area (Å²) in [7, 11) is -4.33. The van der Waals surface area contributed by atoms with Crippen LogP contribution in [0.4, 0.5) is 9.41 Å². The minimum atomic E-state index is -3.67. The third kappa shape index (κ3) is 8300. The van der Waals surface area contributed by atoms with E-state index in [1.807, 2.05) is 0 Å². The van der Waals surface area contributed by atoms with E-state index in [2.05, 4.69) is 22.9 Å². The number of hydrogen-bond donors (Lipinski definition) is 6. The number of carbonyl (C=O) groups is 2. The van der Waals surface area contributed by atoms with E-state index in [-0.39, 0.29) is 179 Å². The van der Waals surface area contributed by atoms with E-state index in [1.165, 1.54) is 27.9 Å². The van der Waals surface area contributed by atoms with Crippen LogP contribution in [0.15, 0.2) is 0 Å². The maximum atomic E-state index is 9.22. The molecule has 34 heavy (non-hydrogen) atoms. The monoisotopic (exact) mass is 1070 g/mol. The first-order valence-electron chi connectivity index (χ1n) is 4.99. The summed E-state index contributed by atoms with van der Waals surface area (Å²) in [5.41, 5.74) is 17.9. The molecular formula is C14H62F2N4O8S2W2Y2. The summed E-state index contributed by atoms with van der Waals surface area (Å²) in [6, 6.07) is 0. The molecule has 0 aromatic heterocycles. The van der Waals surface area contributed by atoms with Crippen molar-refractivity contribution < 1.29 is 158 Å². The van der Waals surface area contributed by atoms with E-state index in [0.29, 0.717) is 12.5 Å². The van der Waals surface area contributed by atoms with Crippen LogP contribution in [-0.2, 0) is 137 Å². The average molecular weight is 1070 g/mol. The molecular weight excluding hydrogens is 1000 g/mol. The molecule has 0 spiro atoms. The van der Waals surface area contributed by atoms with Crippen LogP contribution >= 0.6 is 0 Å². The molecule has 2 radical (unpaired) electrons. The number of nitrogens with two attached hydrogens (primary N) is 4. The Morgan fingerprint density at radius 2 is 0.588 bits per heavy atom. The van der Waals surface area contributed by atoms with E-state index < -0.39 is 20.2 Å². The third-order valence-electron chi connectivity index (χ3n) is 0. The van der Waals surface area contributed by atoms with Crippen molar-refractivity contribution in [3.8, 4) is 0 Å². The van der Waals surface area contributed by atoms with Crippen LogP contribution in [0.3, 0.4) is 0 Å². The standard InChI is InChI=1S/2C2H5NO.2CH5N.2CH4O3S.6CH4.2FH.2W.2Y.4H2/c2*1-2(3)4;2*1-2;2*1-5(2,3)4;;;;;;;;;;;;;;;;/h2*1H3,(H2,3,4);2*2H2,1H3;2*1H3,(H,2,3,4);6*1H4;2*1H;;;;;4*1H/i;;;;;;;;;;;;;;;;;;4*1+1. The van der Waals surface area contributed by atoms with E-state index >= 15 is 0 Å². The molecule has 2 amide bonds. The van der Waals surface area contributed by atoms with Gasteiger partial charge in [-0.15, -0.1) is 0 Å². The van der Waals surface area contributed by atoms with Crippen molar-refractivity contribution in [1.82, 2.24) is 0 Å². The molecule has 10 N–H and O–H groups in total. The zero-order valence-corrected chi connectivity index (χ0v) is 29.4. The fraction of sp³-hybridized carbons (Fsp3) is 0.857. The summed E-state index contributed by atoms with van der Waals surface area (Å²) in [6.45, 7) is 2.61. The second-order valence-corrected chi connectivity index (χ2v) is 5.62. The predicted octanol–water partition coefficient (Wildman–Crippen LogP) is 2.24. The zero-order chi connectivity index (χ0) is 20.2. The second-order valence-electron chi connectivity index (χ2n) is 2.69. The van der Waals surface area contributed by atoms with E-state index in [1.54, 1.807) is 0 Å². The Kier molecular flexibility index (Phi) is 403. The van der Waals surface area contributed by atoms with Gasteiger partial charge in [0.1, 0.15) is 0 Å². The van der Waals surface area contributed by atoms with Gasteiger partial charge < -0.3 is 22.9 Å². The molecule has 0 heterocycles. The van der Waals surface area contributed by atoms with Crippen molar-refractivity contribution in [2.24, 2.45) is 22.9 Å². The molecule has 20 heteroatoms. The van der Waals surface area contributed by atoms with E-state index in [0.717, 1.165) is 0 Å². The Hall–Kier alpha value is 2.12. The largest absolute Gasteiger partial charge is 0.370 e. The van der Waals surface area contributed by atoms with Gasteiger partial charge in [0.25, 0.3) is 20.2 Å². The maximum absolute atomic E-state index is 9.22. The summed E-state index contributed by atoms with van der Waals surface area (Å²) < 4.78 is 51.7. The molecule has 0 saturated carbocycles. The van der Waals surface area contributed by atoms with Crippen molar-refractivity contribution in [2.75, 3.05) is 26.6 Å². The normalized spacial score (nSPS) is 5.24. The van der Waals surface area contributed by atoms with Crippen molar-refractivity contribution in [3.05, 3.63) is 0 Å². The van der Waals surface area contributed by atoms with Crippen LogP contribution < -0.4 is 22.9 Å². The van der Waals surface area contributed by atoms with Crippen molar-refractivity contribution in [3.63, 3.8) is 0 Å². The van der Waals surface area contributed by atoms with Gasteiger partial charge in [-0.1, -0.05) is 44.6 Å². The molecule has 0 fully saturated rings. The molecule has 0 rings (SSSR count). The molecule has 0 aliphatic rings. The van der Waals surface area contributed by atoms with Crippen LogP contribution in [0.25, 0.3) is 0 Å². The molecule has 0 aromatic carbocycles. The first kappa shape index (κ1) is 136. The van der Waals surface area contributed by atoms with Crippen molar-refractivity contribution >= 4 is 32.1 Å². The van der Waals surface area contributed by atoms with Gasteiger partial charge >= 0.3 is 0 Å². The molecule has 0 unspecified atom stereocenters. The molecule has 12 nitrogen and oxygen atoms in total. The average Bonchev–Trinajstić information content (AvgIpc) is 2.15. The Morgan fingerprint density at radius 3 is 0.588 bits per heavy atom. The van der Waals surface area contributed by atoms with Crippen molar-refractivity contribution in [1.29, 1.82) is 0 Å². The topological polar surface area (TPSA) is 247 Å². The second kappa shape index (κ2) is 101. The number of halogens is 2. The third-order valence-corrected chi connectivity index (χ3v) is 0. The molecule has 0 bridgehead atoms. The summed E-state index contributed by atoms with van der Waals surface area (Å²) in [4.78, 5) is 18.4. The van der Waals surface area contributed by atoms with Gasteiger partial charge in [0.2, 0.25) is 11.8 Å². The van der Waals surface area contributed by atoms with Crippen LogP contribution in [-0.4, -0.2) is 64.4 Å². The Morgan fingerprint density at radius 1 is 0.588 bits per heavy atom. The summed E-state index contributed by atoms with van der Waals surface area (Å²) in [5.74, 6) is -0.667. The van der Waals surface area contributed by atoms with Crippen LogP contribution in [0.5, 0.6) is 0 Å². The van der Waals surface area contributed by atoms with Gasteiger partial charge in [-0.3, -0.25) is 28.1 Å². The number of hydrogen-bond acceptors (Lipinski definition) is 8. The predicted molar refractivity (Wildman–Crippen MR) is 139 cm³/mol. The number of carbonyl (C=O) groups excluding carboxylic acids is 2. The van der Waals surface area contributed by atoms with Gasteiger partial charge in [-0.2, -0.15) is 16.8 Å². The minimum absolute atomic E-state index is 0. The van der Waals surface area contributed by atoms with Crippen LogP contribution in [0, 0.1) is 0 Å². The van der Waals surface area contributed by atoms with E-state index in [4.69, 9.17) is 9.11 Å². The first-order valence-corrected chi connectivity index (χ1v) is 8.69. The number of rotatable bonds is 0. The van der Waals surface area contributed by atoms with Crippen LogP contribution in [0.1, 0.15) is 64.1 Å². The summed E-state index contributed by atoms with van der Waals surface area (Å²) >= 11 is 0. The van der Waals surface area contributed by atoms with Gasteiger partial charge in [-0.25, -0.2) is 0 Å². The van der Waals surface area contributed by atoms with E-state index in [9.17, 15) is 26.4 Å². The summed E-state index contributed by atoms with van der Waals surface area (Å²) in [6.07, 6.45) is 1.43. The molecule has 0 atom stereocenters. The van der Waals surface area contributed by atoms with Gasteiger partial charge in [0.05, 0.1) is 12.5 Å². The van der Waals surface area contributed by atoms with Gasteiger partial charge in [0, 0.05) is 127 Å².